The molecule has 0 saturated heterocycles. The first kappa shape index (κ1) is 16.2. The molecule has 1 atom stereocenters. The molecule has 26 heavy (non-hydrogen) atoms. The van der Waals surface area contributed by atoms with Crippen LogP contribution in [0.2, 0.25) is 0 Å². The second kappa shape index (κ2) is 6.89. The number of allylic oxidation sites excluding steroid dienone is 4. The highest BCUT2D eigenvalue weighted by Crippen LogP contribution is 2.47. The Morgan fingerprint density at radius 2 is 1.15 bits per heavy atom. The van der Waals surface area contributed by atoms with E-state index in [0.717, 1.165) is 27.8 Å². The predicted molar refractivity (Wildman–Crippen MR) is 109 cm³/mol. The Morgan fingerprint density at radius 3 is 1.73 bits per heavy atom. The van der Waals surface area contributed by atoms with Crippen LogP contribution in [-0.4, -0.2) is 5.11 Å². The highest BCUT2D eigenvalue weighted by Gasteiger charge is 2.30. The minimum Gasteiger partial charge on any atom is -0.507 e. The molecule has 0 fully saturated rings. The van der Waals surface area contributed by atoms with Crippen molar-refractivity contribution >= 4 is 11.1 Å². The van der Waals surface area contributed by atoms with Gasteiger partial charge in [-0.05, 0) is 33.9 Å². The van der Waals surface area contributed by atoms with Crippen LogP contribution < -0.4 is 0 Å². The van der Waals surface area contributed by atoms with Gasteiger partial charge in [-0.15, -0.1) is 0 Å². The summed E-state index contributed by atoms with van der Waals surface area (Å²) in [6.07, 6.45) is 1.80. The summed E-state index contributed by atoms with van der Waals surface area (Å²) in [5.74, 6) is 0.275. The van der Waals surface area contributed by atoms with Crippen LogP contribution in [0, 0.1) is 0 Å². The second-order valence-electron chi connectivity index (χ2n) is 6.47. The number of aliphatic hydroxyl groups excluding tert-OH is 1. The van der Waals surface area contributed by atoms with E-state index < -0.39 is 0 Å². The number of hydrogen-bond donors (Lipinski definition) is 1. The Bertz CT molecular complexity index is 980. The maximum Gasteiger partial charge on any atom is 0.124 e. The lowest BCUT2D eigenvalue weighted by molar-refractivity contribution is 0.436. The van der Waals surface area contributed by atoms with E-state index in [2.05, 4.69) is 30.8 Å². The zero-order valence-electron chi connectivity index (χ0n) is 14.5. The van der Waals surface area contributed by atoms with Crippen LogP contribution >= 0.6 is 0 Å². The summed E-state index contributed by atoms with van der Waals surface area (Å²) >= 11 is 0. The highest BCUT2D eigenvalue weighted by molar-refractivity contribution is 6.02. The third-order valence-corrected chi connectivity index (χ3v) is 4.79. The van der Waals surface area contributed by atoms with Crippen molar-refractivity contribution in [1.82, 2.24) is 0 Å². The zero-order chi connectivity index (χ0) is 17.9. The molecule has 0 bridgehead atoms. The first-order valence-electron chi connectivity index (χ1n) is 8.75. The van der Waals surface area contributed by atoms with Crippen molar-refractivity contribution in [2.45, 2.75) is 5.92 Å². The quantitative estimate of drug-likeness (QED) is 0.587. The fourth-order valence-corrected chi connectivity index (χ4v) is 3.66. The van der Waals surface area contributed by atoms with E-state index in [1.165, 1.54) is 5.56 Å². The normalized spacial score (nSPS) is 17.2. The molecular weight excluding hydrogens is 316 g/mol. The van der Waals surface area contributed by atoms with Gasteiger partial charge in [0.25, 0.3) is 0 Å². The van der Waals surface area contributed by atoms with Gasteiger partial charge in [0.05, 0.1) is 0 Å². The summed E-state index contributed by atoms with van der Waals surface area (Å²) < 4.78 is 0. The lowest BCUT2D eigenvalue weighted by Gasteiger charge is -2.30. The van der Waals surface area contributed by atoms with Crippen LogP contribution in [0.5, 0.6) is 0 Å². The van der Waals surface area contributed by atoms with Crippen molar-refractivity contribution in [3.05, 3.63) is 132 Å². The summed E-state index contributed by atoms with van der Waals surface area (Å²) in [7, 11) is 0. The van der Waals surface area contributed by atoms with Gasteiger partial charge >= 0.3 is 0 Å². The zero-order valence-corrected chi connectivity index (χ0v) is 14.5. The molecule has 0 aliphatic heterocycles. The summed E-state index contributed by atoms with van der Waals surface area (Å²) in [6, 6.07) is 30.7. The molecule has 0 aromatic heterocycles. The molecule has 1 unspecified atom stereocenters. The average Bonchev–Trinajstić information content (AvgIpc) is 2.69. The Labute approximate surface area is 154 Å². The van der Waals surface area contributed by atoms with Crippen LogP contribution in [-0.2, 0) is 0 Å². The van der Waals surface area contributed by atoms with Crippen molar-refractivity contribution in [3.8, 4) is 0 Å². The molecule has 1 N–H and O–H groups in total. The summed E-state index contributed by atoms with van der Waals surface area (Å²) in [5.41, 5.74) is 6.14. The first-order valence-corrected chi connectivity index (χ1v) is 8.75. The SMILES string of the molecule is C=C1C=C(O)C(c2ccccc2)=C(c2ccccc2)C1c1ccccc1. The van der Waals surface area contributed by atoms with Gasteiger partial charge in [-0.3, -0.25) is 0 Å². The molecule has 1 heteroatoms. The second-order valence-corrected chi connectivity index (χ2v) is 6.47. The Morgan fingerprint density at radius 1 is 0.654 bits per heavy atom. The van der Waals surface area contributed by atoms with Crippen molar-refractivity contribution in [2.24, 2.45) is 0 Å². The van der Waals surface area contributed by atoms with Crippen molar-refractivity contribution in [3.63, 3.8) is 0 Å². The lowest BCUT2D eigenvalue weighted by Crippen LogP contribution is -2.12. The van der Waals surface area contributed by atoms with Crippen LogP contribution in [0.3, 0.4) is 0 Å². The molecular formula is C25H20O. The molecule has 4 rings (SSSR count). The van der Waals surface area contributed by atoms with E-state index >= 15 is 0 Å². The number of aliphatic hydroxyl groups is 1. The van der Waals surface area contributed by atoms with Gasteiger partial charge < -0.3 is 5.11 Å². The first-order chi connectivity index (χ1) is 12.8. The maximum absolute atomic E-state index is 10.8. The molecule has 1 nitrogen and oxygen atoms in total. The largest absolute Gasteiger partial charge is 0.507 e. The minimum atomic E-state index is 0.00436. The summed E-state index contributed by atoms with van der Waals surface area (Å²) in [6.45, 7) is 4.26. The van der Waals surface area contributed by atoms with E-state index in [-0.39, 0.29) is 11.7 Å². The average molecular weight is 336 g/mol. The van der Waals surface area contributed by atoms with Gasteiger partial charge in [0.2, 0.25) is 0 Å². The Hall–Kier alpha value is -3.32. The summed E-state index contributed by atoms with van der Waals surface area (Å²) in [4.78, 5) is 0. The standard InChI is InChI=1S/C25H20O/c1-18-17-22(26)24(20-13-7-3-8-14-20)25(21-15-9-4-10-16-21)23(18)19-11-5-2-6-12-19/h2-17,23,26H,1H2. The van der Waals surface area contributed by atoms with Gasteiger partial charge in [0, 0.05) is 11.5 Å². The van der Waals surface area contributed by atoms with Crippen LogP contribution in [0.1, 0.15) is 22.6 Å². The number of rotatable bonds is 3. The molecule has 1 aliphatic carbocycles. The van der Waals surface area contributed by atoms with Crippen LogP contribution in [0.25, 0.3) is 11.1 Å². The van der Waals surface area contributed by atoms with E-state index in [9.17, 15) is 5.11 Å². The lowest BCUT2D eigenvalue weighted by atomic mass is 9.74. The van der Waals surface area contributed by atoms with Crippen molar-refractivity contribution < 1.29 is 5.11 Å². The van der Waals surface area contributed by atoms with Gasteiger partial charge in [0.15, 0.2) is 0 Å². The van der Waals surface area contributed by atoms with Gasteiger partial charge in [0.1, 0.15) is 5.76 Å². The molecule has 0 saturated carbocycles. The van der Waals surface area contributed by atoms with Crippen molar-refractivity contribution in [2.75, 3.05) is 0 Å². The maximum atomic E-state index is 10.8. The number of hydrogen-bond acceptors (Lipinski definition) is 1. The molecule has 0 radical (unpaired) electrons. The number of benzene rings is 3. The van der Waals surface area contributed by atoms with E-state index in [1.807, 2.05) is 66.7 Å². The fourth-order valence-electron chi connectivity index (χ4n) is 3.66. The highest BCUT2D eigenvalue weighted by atomic mass is 16.3. The molecule has 0 heterocycles. The molecule has 3 aromatic rings. The topological polar surface area (TPSA) is 20.2 Å². The Balaban J connectivity index is 2.03. The monoisotopic (exact) mass is 336 g/mol. The van der Waals surface area contributed by atoms with Gasteiger partial charge in [-0.25, -0.2) is 0 Å². The third kappa shape index (κ3) is 2.89. The molecule has 0 amide bonds. The molecule has 1 aliphatic rings. The van der Waals surface area contributed by atoms with Crippen molar-refractivity contribution in [1.29, 1.82) is 0 Å². The van der Waals surface area contributed by atoms with Crippen LogP contribution in [0.15, 0.2) is 115 Å². The fraction of sp³-hybridized carbons (Fsp3) is 0.0400. The minimum absolute atomic E-state index is 0.00436. The third-order valence-electron chi connectivity index (χ3n) is 4.79. The van der Waals surface area contributed by atoms with Crippen LogP contribution in [0.4, 0.5) is 0 Å². The van der Waals surface area contributed by atoms with E-state index in [0.29, 0.717) is 0 Å². The molecule has 126 valence electrons. The molecule has 0 spiro atoms. The Kier molecular flexibility index (Phi) is 4.28. The van der Waals surface area contributed by atoms with E-state index in [4.69, 9.17) is 0 Å². The molecule has 3 aromatic carbocycles. The van der Waals surface area contributed by atoms with E-state index in [1.54, 1.807) is 6.08 Å². The summed E-state index contributed by atoms with van der Waals surface area (Å²) in [5, 5.41) is 10.8. The van der Waals surface area contributed by atoms with Gasteiger partial charge in [-0.1, -0.05) is 97.6 Å². The van der Waals surface area contributed by atoms with Gasteiger partial charge in [-0.2, -0.15) is 0 Å². The smallest absolute Gasteiger partial charge is 0.124 e. The predicted octanol–water partition coefficient (Wildman–Crippen LogP) is 6.39.